The van der Waals surface area contributed by atoms with Gasteiger partial charge in [0.25, 0.3) is 0 Å². The molecule has 1 fully saturated rings. The third-order valence-electron chi connectivity index (χ3n) is 3.43. The van der Waals surface area contributed by atoms with E-state index < -0.39 is 6.36 Å². The Bertz CT molecular complexity index is 673. The Hall–Kier alpha value is -1.52. The molecule has 1 aliphatic heterocycles. The normalized spacial score (nSPS) is 17.6. The van der Waals surface area contributed by atoms with Crippen LogP contribution in [0.3, 0.4) is 0 Å². The Kier molecular flexibility index (Phi) is 6.02. The van der Waals surface area contributed by atoms with Crippen LogP contribution < -0.4 is 10.1 Å². The maximum absolute atomic E-state index is 12.1. The first-order valence-corrected chi connectivity index (χ1v) is 9.44. The molecule has 2 aromatic rings. The van der Waals surface area contributed by atoms with E-state index in [4.69, 9.17) is 4.74 Å². The van der Waals surface area contributed by atoms with Crippen molar-refractivity contribution >= 4 is 28.2 Å². The quantitative estimate of drug-likeness (QED) is 0.710. The number of ether oxygens (including phenoxy) is 2. The predicted molar refractivity (Wildman–Crippen MR) is 90.1 cm³/mol. The molecule has 2 heterocycles. The number of rotatable bonds is 7. The highest BCUT2D eigenvalue weighted by Crippen LogP contribution is 2.29. The average Bonchev–Trinajstić information content (AvgIpc) is 3.22. The van der Waals surface area contributed by atoms with Crippen LogP contribution in [0.1, 0.15) is 18.4 Å². The minimum atomic E-state index is -4.67. The van der Waals surface area contributed by atoms with Crippen molar-refractivity contribution in [2.75, 3.05) is 18.5 Å². The number of alkyl halides is 3. The lowest BCUT2D eigenvalue weighted by Gasteiger charge is -2.09. The highest BCUT2D eigenvalue weighted by atomic mass is 32.2. The molecule has 1 saturated heterocycles. The van der Waals surface area contributed by atoms with Crippen LogP contribution in [0.15, 0.2) is 28.6 Å². The van der Waals surface area contributed by atoms with E-state index in [1.165, 1.54) is 35.2 Å². The largest absolute Gasteiger partial charge is 0.573 e. The summed E-state index contributed by atoms with van der Waals surface area (Å²) < 4.78 is 46.5. The van der Waals surface area contributed by atoms with Gasteiger partial charge in [-0.3, -0.25) is 0 Å². The first-order valence-electron chi connectivity index (χ1n) is 7.64. The summed E-state index contributed by atoms with van der Waals surface area (Å²) in [6.45, 7) is 1.54. The van der Waals surface area contributed by atoms with Gasteiger partial charge in [0.15, 0.2) is 4.34 Å². The summed E-state index contributed by atoms with van der Waals surface area (Å²) in [6.07, 6.45) is -2.29. The van der Waals surface area contributed by atoms with E-state index in [0.29, 0.717) is 5.75 Å². The molecule has 5 nitrogen and oxygen atoms in total. The van der Waals surface area contributed by atoms with Crippen LogP contribution in [0.25, 0.3) is 0 Å². The number of anilines is 1. The van der Waals surface area contributed by atoms with Gasteiger partial charge < -0.3 is 14.8 Å². The number of nitrogens with one attached hydrogen (secondary N) is 1. The molecule has 0 radical (unpaired) electrons. The lowest BCUT2D eigenvalue weighted by Crippen LogP contribution is -2.18. The van der Waals surface area contributed by atoms with Crippen molar-refractivity contribution in [2.24, 2.45) is 0 Å². The molecule has 1 aromatic carbocycles. The fourth-order valence-corrected chi connectivity index (χ4v) is 3.99. The maximum atomic E-state index is 12.1. The molecule has 1 unspecified atom stereocenters. The smallest absolute Gasteiger partial charge is 0.406 e. The fourth-order valence-electron chi connectivity index (χ4n) is 2.28. The van der Waals surface area contributed by atoms with Gasteiger partial charge in [-0.05, 0) is 30.5 Å². The Labute approximate surface area is 150 Å². The van der Waals surface area contributed by atoms with Crippen molar-refractivity contribution in [1.29, 1.82) is 0 Å². The number of nitrogens with zero attached hydrogens (tertiary/aromatic N) is 2. The minimum absolute atomic E-state index is 0.224. The van der Waals surface area contributed by atoms with Gasteiger partial charge in [0.2, 0.25) is 5.13 Å². The van der Waals surface area contributed by atoms with Gasteiger partial charge in [-0.2, -0.15) is 0 Å². The summed E-state index contributed by atoms with van der Waals surface area (Å²) in [7, 11) is 0. The van der Waals surface area contributed by atoms with Crippen LogP contribution in [0, 0.1) is 0 Å². The Morgan fingerprint density at radius 3 is 2.76 bits per heavy atom. The number of hydrogen-bond donors (Lipinski definition) is 1. The molecule has 0 saturated carbocycles. The molecule has 0 amide bonds. The fraction of sp³-hybridized carbons (Fsp3) is 0.467. The number of benzene rings is 1. The van der Waals surface area contributed by atoms with Crippen LogP contribution in [-0.2, 0) is 10.5 Å². The summed E-state index contributed by atoms with van der Waals surface area (Å²) >= 11 is 2.93. The standard InChI is InChI=1S/C15H16F3N3O2S2/c16-15(17,18)23-11-5-3-10(4-6-11)9-24-14-21-20-13(25-14)19-8-12-2-1-7-22-12/h3-6,12H,1-2,7-9H2,(H,19,20). The molecule has 1 aromatic heterocycles. The molecule has 1 atom stereocenters. The maximum Gasteiger partial charge on any atom is 0.573 e. The zero-order valence-electron chi connectivity index (χ0n) is 13.1. The molecule has 1 aliphatic rings. The Balaban J connectivity index is 1.45. The lowest BCUT2D eigenvalue weighted by molar-refractivity contribution is -0.274. The van der Waals surface area contributed by atoms with E-state index in [0.717, 1.165) is 41.0 Å². The van der Waals surface area contributed by atoms with E-state index in [1.807, 2.05) is 0 Å². The average molecular weight is 391 g/mol. The van der Waals surface area contributed by atoms with E-state index in [-0.39, 0.29) is 11.9 Å². The van der Waals surface area contributed by atoms with Gasteiger partial charge in [-0.15, -0.1) is 23.4 Å². The third kappa shape index (κ3) is 6.05. The summed E-state index contributed by atoms with van der Waals surface area (Å²) in [5.41, 5.74) is 0.878. The van der Waals surface area contributed by atoms with Gasteiger partial charge in [-0.1, -0.05) is 35.2 Å². The molecule has 25 heavy (non-hydrogen) atoms. The summed E-state index contributed by atoms with van der Waals surface area (Å²) in [6, 6.07) is 5.81. The topological polar surface area (TPSA) is 56.3 Å². The SMILES string of the molecule is FC(F)(F)Oc1ccc(CSc2nnc(NCC3CCCO3)s2)cc1. The van der Waals surface area contributed by atoms with E-state index in [9.17, 15) is 13.2 Å². The third-order valence-corrected chi connectivity index (χ3v) is 5.52. The molecular formula is C15H16F3N3O2S2. The van der Waals surface area contributed by atoms with Crippen LogP contribution >= 0.6 is 23.1 Å². The molecule has 1 N–H and O–H groups in total. The monoisotopic (exact) mass is 391 g/mol. The second-order valence-electron chi connectivity index (χ2n) is 5.37. The number of halogens is 3. The lowest BCUT2D eigenvalue weighted by atomic mass is 10.2. The molecular weight excluding hydrogens is 375 g/mol. The van der Waals surface area contributed by atoms with Crippen LogP contribution in [-0.4, -0.2) is 35.8 Å². The van der Waals surface area contributed by atoms with Crippen molar-refractivity contribution in [3.05, 3.63) is 29.8 Å². The highest BCUT2D eigenvalue weighted by Gasteiger charge is 2.30. The summed E-state index contributed by atoms with van der Waals surface area (Å²) in [4.78, 5) is 0. The summed E-state index contributed by atoms with van der Waals surface area (Å²) in [5, 5.41) is 12.1. The second-order valence-corrected chi connectivity index (χ2v) is 7.57. The zero-order valence-corrected chi connectivity index (χ0v) is 14.7. The molecule has 0 bridgehead atoms. The van der Waals surface area contributed by atoms with Crippen LogP contribution in [0.5, 0.6) is 5.75 Å². The van der Waals surface area contributed by atoms with Gasteiger partial charge in [0.1, 0.15) is 5.75 Å². The number of hydrogen-bond acceptors (Lipinski definition) is 7. The molecule has 0 aliphatic carbocycles. The van der Waals surface area contributed by atoms with Crippen LogP contribution in [0.4, 0.5) is 18.3 Å². The van der Waals surface area contributed by atoms with Crippen molar-refractivity contribution in [1.82, 2.24) is 10.2 Å². The first-order chi connectivity index (χ1) is 12.0. The molecule has 0 spiro atoms. The second kappa shape index (κ2) is 8.24. The van der Waals surface area contributed by atoms with Gasteiger partial charge in [-0.25, -0.2) is 0 Å². The number of aromatic nitrogens is 2. The van der Waals surface area contributed by atoms with Crippen molar-refractivity contribution in [2.45, 2.75) is 35.4 Å². The summed E-state index contributed by atoms with van der Waals surface area (Å²) in [5.74, 6) is 0.366. The van der Waals surface area contributed by atoms with E-state index >= 15 is 0 Å². The minimum Gasteiger partial charge on any atom is -0.406 e. The molecule has 3 rings (SSSR count). The Morgan fingerprint density at radius 2 is 2.08 bits per heavy atom. The van der Waals surface area contributed by atoms with Crippen LogP contribution in [0.2, 0.25) is 0 Å². The van der Waals surface area contributed by atoms with E-state index in [2.05, 4.69) is 20.3 Å². The van der Waals surface area contributed by atoms with Gasteiger partial charge in [0, 0.05) is 18.9 Å². The predicted octanol–water partition coefficient (Wildman–Crippen LogP) is 4.32. The van der Waals surface area contributed by atoms with Crippen molar-refractivity contribution in [3.8, 4) is 5.75 Å². The van der Waals surface area contributed by atoms with E-state index in [1.54, 1.807) is 12.1 Å². The van der Waals surface area contributed by atoms with Gasteiger partial charge in [0.05, 0.1) is 6.10 Å². The number of thioether (sulfide) groups is 1. The van der Waals surface area contributed by atoms with Crippen molar-refractivity contribution < 1.29 is 22.6 Å². The van der Waals surface area contributed by atoms with Crippen molar-refractivity contribution in [3.63, 3.8) is 0 Å². The van der Waals surface area contributed by atoms with Gasteiger partial charge >= 0.3 is 6.36 Å². The highest BCUT2D eigenvalue weighted by molar-refractivity contribution is 8.00. The Morgan fingerprint density at radius 1 is 1.28 bits per heavy atom. The molecule has 10 heteroatoms. The first kappa shape index (κ1) is 18.3. The molecule has 136 valence electrons. The zero-order chi connectivity index (χ0) is 17.7.